The Labute approximate surface area is 140 Å². The molecule has 2 amide bonds. The third-order valence-corrected chi connectivity index (χ3v) is 3.29. The average molecular weight is 323 g/mol. The standard InChI is InChI=1S/C18H17N3O3/c1-2-13-5-9-16(10-6-13)24-12-17(22)20-21-18(23)15-7-3-14(11-19)4-8-15/h3-10H,2,12H2,1H3,(H,20,22)(H,21,23). The van der Waals surface area contributed by atoms with Crippen LogP contribution in [0.15, 0.2) is 48.5 Å². The Morgan fingerprint density at radius 1 is 1.04 bits per heavy atom. The molecule has 0 aliphatic carbocycles. The highest BCUT2D eigenvalue weighted by molar-refractivity contribution is 5.95. The fourth-order valence-electron chi connectivity index (χ4n) is 1.90. The van der Waals surface area contributed by atoms with Gasteiger partial charge in [-0.3, -0.25) is 20.4 Å². The monoisotopic (exact) mass is 323 g/mol. The van der Waals surface area contributed by atoms with Crippen molar-refractivity contribution in [2.45, 2.75) is 13.3 Å². The zero-order valence-electron chi connectivity index (χ0n) is 13.2. The number of aryl methyl sites for hydroxylation is 1. The first kappa shape index (κ1) is 17.0. The van der Waals surface area contributed by atoms with E-state index < -0.39 is 11.8 Å². The second-order valence-corrected chi connectivity index (χ2v) is 4.98. The fourth-order valence-corrected chi connectivity index (χ4v) is 1.90. The van der Waals surface area contributed by atoms with Gasteiger partial charge in [0.15, 0.2) is 6.61 Å². The number of carbonyl (C=O) groups is 2. The van der Waals surface area contributed by atoms with Gasteiger partial charge in [-0.25, -0.2) is 0 Å². The summed E-state index contributed by atoms with van der Waals surface area (Å²) in [4.78, 5) is 23.5. The third kappa shape index (κ3) is 4.85. The Morgan fingerprint density at radius 2 is 1.71 bits per heavy atom. The van der Waals surface area contributed by atoms with Crippen LogP contribution in [0.1, 0.15) is 28.4 Å². The molecule has 0 unspecified atom stereocenters. The maximum Gasteiger partial charge on any atom is 0.276 e. The number of rotatable bonds is 5. The molecule has 24 heavy (non-hydrogen) atoms. The van der Waals surface area contributed by atoms with Crippen molar-refractivity contribution in [2.75, 3.05) is 6.61 Å². The molecule has 0 spiro atoms. The Morgan fingerprint density at radius 3 is 2.29 bits per heavy atom. The van der Waals surface area contributed by atoms with E-state index in [1.54, 1.807) is 12.1 Å². The number of hydrogen-bond donors (Lipinski definition) is 2. The van der Waals surface area contributed by atoms with Gasteiger partial charge in [0.25, 0.3) is 11.8 Å². The normalized spacial score (nSPS) is 9.67. The predicted octanol–water partition coefficient (Wildman–Crippen LogP) is 1.96. The van der Waals surface area contributed by atoms with Crippen LogP contribution >= 0.6 is 0 Å². The van der Waals surface area contributed by atoms with Gasteiger partial charge in [0.2, 0.25) is 0 Å². The molecular formula is C18H17N3O3. The van der Waals surface area contributed by atoms with E-state index in [0.29, 0.717) is 16.9 Å². The van der Waals surface area contributed by atoms with Gasteiger partial charge < -0.3 is 4.74 Å². The quantitative estimate of drug-likeness (QED) is 0.823. The Bertz CT molecular complexity index is 747. The lowest BCUT2D eigenvalue weighted by Crippen LogP contribution is -2.43. The number of carbonyl (C=O) groups excluding carboxylic acids is 2. The SMILES string of the molecule is CCc1ccc(OCC(=O)NNC(=O)c2ccc(C#N)cc2)cc1. The third-order valence-electron chi connectivity index (χ3n) is 3.29. The number of hydrogen-bond acceptors (Lipinski definition) is 4. The maximum atomic E-state index is 11.8. The van der Waals surface area contributed by atoms with Crippen LogP contribution in [0, 0.1) is 11.3 Å². The van der Waals surface area contributed by atoms with E-state index >= 15 is 0 Å². The van der Waals surface area contributed by atoms with Crippen LogP contribution in [0.25, 0.3) is 0 Å². The summed E-state index contributed by atoms with van der Waals surface area (Å²) in [7, 11) is 0. The molecule has 0 fully saturated rings. The van der Waals surface area contributed by atoms with Crippen LogP contribution in [0.2, 0.25) is 0 Å². The molecule has 6 nitrogen and oxygen atoms in total. The number of benzene rings is 2. The van der Waals surface area contributed by atoms with E-state index in [4.69, 9.17) is 10.00 Å². The number of ether oxygens (including phenoxy) is 1. The Balaban J connectivity index is 1.77. The fraction of sp³-hybridized carbons (Fsp3) is 0.167. The lowest BCUT2D eigenvalue weighted by molar-refractivity contribution is -0.123. The van der Waals surface area contributed by atoms with Crippen molar-refractivity contribution in [2.24, 2.45) is 0 Å². The van der Waals surface area contributed by atoms with Crippen molar-refractivity contribution < 1.29 is 14.3 Å². The van der Waals surface area contributed by atoms with Crippen LogP contribution in [0.3, 0.4) is 0 Å². The van der Waals surface area contributed by atoms with Gasteiger partial charge in [-0.2, -0.15) is 5.26 Å². The number of nitrogens with one attached hydrogen (secondary N) is 2. The van der Waals surface area contributed by atoms with E-state index in [-0.39, 0.29) is 6.61 Å². The van der Waals surface area contributed by atoms with Gasteiger partial charge >= 0.3 is 0 Å². The van der Waals surface area contributed by atoms with Crippen LogP contribution in [-0.4, -0.2) is 18.4 Å². The molecule has 2 aromatic carbocycles. The highest BCUT2D eigenvalue weighted by atomic mass is 16.5. The summed E-state index contributed by atoms with van der Waals surface area (Å²) in [5.41, 5.74) is 6.54. The van der Waals surface area contributed by atoms with Crippen molar-refractivity contribution >= 4 is 11.8 Å². The van der Waals surface area contributed by atoms with Gasteiger partial charge in [-0.15, -0.1) is 0 Å². The molecule has 0 bridgehead atoms. The average Bonchev–Trinajstić information content (AvgIpc) is 2.64. The van der Waals surface area contributed by atoms with Gasteiger partial charge in [-0.1, -0.05) is 19.1 Å². The van der Waals surface area contributed by atoms with Crippen molar-refractivity contribution in [1.82, 2.24) is 10.9 Å². The minimum absolute atomic E-state index is 0.209. The first-order valence-corrected chi connectivity index (χ1v) is 7.43. The smallest absolute Gasteiger partial charge is 0.276 e. The zero-order chi connectivity index (χ0) is 17.4. The molecule has 0 heterocycles. The molecule has 0 saturated heterocycles. The lowest BCUT2D eigenvalue weighted by Gasteiger charge is -2.09. The highest BCUT2D eigenvalue weighted by Gasteiger charge is 2.08. The molecule has 2 N–H and O–H groups in total. The molecule has 2 rings (SSSR count). The first-order valence-electron chi connectivity index (χ1n) is 7.43. The largest absolute Gasteiger partial charge is 0.484 e. The van der Waals surface area contributed by atoms with Crippen molar-refractivity contribution in [3.05, 3.63) is 65.2 Å². The van der Waals surface area contributed by atoms with Gasteiger partial charge in [0.05, 0.1) is 11.6 Å². The molecule has 2 aromatic rings. The summed E-state index contributed by atoms with van der Waals surface area (Å²) in [6.45, 7) is 1.85. The Kier molecular flexibility index (Phi) is 5.92. The van der Waals surface area contributed by atoms with Crippen molar-refractivity contribution in [3.63, 3.8) is 0 Å². The predicted molar refractivity (Wildman–Crippen MR) is 88.1 cm³/mol. The van der Waals surface area contributed by atoms with Crippen LogP contribution < -0.4 is 15.6 Å². The topological polar surface area (TPSA) is 91.2 Å². The van der Waals surface area contributed by atoms with Gasteiger partial charge in [0.1, 0.15) is 5.75 Å². The van der Waals surface area contributed by atoms with E-state index in [1.807, 2.05) is 18.2 Å². The molecular weight excluding hydrogens is 306 g/mol. The first-order chi connectivity index (χ1) is 11.6. The van der Waals surface area contributed by atoms with Crippen LogP contribution in [0.4, 0.5) is 0 Å². The molecule has 122 valence electrons. The van der Waals surface area contributed by atoms with E-state index in [1.165, 1.54) is 29.8 Å². The van der Waals surface area contributed by atoms with Crippen molar-refractivity contribution in [1.29, 1.82) is 5.26 Å². The molecule has 0 aliphatic heterocycles. The minimum atomic E-state index is -0.475. The molecule has 0 saturated carbocycles. The zero-order valence-corrected chi connectivity index (χ0v) is 13.2. The van der Waals surface area contributed by atoms with Gasteiger partial charge in [0, 0.05) is 5.56 Å². The summed E-state index contributed by atoms with van der Waals surface area (Å²) in [6, 6.07) is 15.5. The minimum Gasteiger partial charge on any atom is -0.484 e. The van der Waals surface area contributed by atoms with Gasteiger partial charge in [-0.05, 0) is 48.4 Å². The second-order valence-electron chi connectivity index (χ2n) is 4.98. The number of hydrazine groups is 1. The summed E-state index contributed by atoms with van der Waals surface area (Å²) < 4.78 is 5.34. The lowest BCUT2D eigenvalue weighted by atomic mass is 10.1. The number of nitrogens with zero attached hydrogens (tertiary/aromatic N) is 1. The second kappa shape index (κ2) is 8.34. The molecule has 0 aromatic heterocycles. The van der Waals surface area contributed by atoms with Crippen molar-refractivity contribution in [3.8, 4) is 11.8 Å². The molecule has 0 atom stereocenters. The summed E-state index contributed by atoms with van der Waals surface area (Å²) >= 11 is 0. The summed E-state index contributed by atoms with van der Waals surface area (Å²) in [5.74, 6) is -0.363. The van der Waals surface area contributed by atoms with E-state index in [2.05, 4.69) is 17.8 Å². The summed E-state index contributed by atoms with van der Waals surface area (Å²) in [5, 5.41) is 8.70. The van der Waals surface area contributed by atoms with E-state index in [9.17, 15) is 9.59 Å². The number of amides is 2. The van der Waals surface area contributed by atoms with Crippen LogP contribution in [-0.2, 0) is 11.2 Å². The molecule has 0 radical (unpaired) electrons. The highest BCUT2D eigenvalue weighted by Crippen LogP contribution is 2.12. The molecule has 0 aliphatic rings. The molecule has 6 heteroatoms. The Hall–Kier alpha value is -3.33. The maximum absolute atomic E-state index is 11.8. The van der Waals surface area contributed by atoms with E-state index in [0.717, 1.165) is 6.42 Å². The number of nitriles is 1. The van der Waals surface area contributed by atoms with Crippen LogP contribution in [0.5, 0.6) is 5.75 Å². The summed E-state index contributed by atoms with van der Waals surface area (Å²) in [6.07, 6.45) is 0.933.